The monoisotopic (exact) mass is 193 g/mol. The Morgan fingerprint density at radius 3 is 2.18 bits per heavy atom. The highest BCUT2D eigenvalue weighted by molar-refractivity contribution is 6.32. The fourth-order valence-corrected chi connectivity index (χ4v) is 1.19. The molecule has 1 nitrogen and oxygen atoms in total. The largest absolute Gasteiger partial charge is 0.243 e. The molecule has 0 aliphatic heterocycles. The van der Waals surface area contributed by atoms with Crippen molar-refractivity contribution >= 4 is 23.2 Å². The maximum atomic E-state index is 12.6. The third-order valence-corrected chi connectivity index (χ3v) is 1.63. The summed E-state index contributed by atoms with van der Waals surface area (Å²) in [6.07, 6.45) is -1.06. The molecule has 4 heteroatoms. The van der Waals surface area contributed by atoms with Gasteiger partial charge >= 0.3 is 0 Å². The van der Waals surface area contributed by atoms with E-state index in [2.05, 4.69) is 4.98 Å². The second-order valence-corrected chi connectivity index (χ2v) is 2.94. The zero-order chi connectivity index (χ0) is 8.43. The van der Waals surface area contributed by atoms with Crippen LogP contribution in [0.4, 0.5) is 4.39 Å². The Hall–Kier alpha value is -0.340. The van der Waals surface area contributed by atoms with Gasteiger partial charge in [-0.05, 0) is 24.6 Å². The van der Waals surface area contributed by atoms with Gasteiger partial charge in [0.05, 0.1) is 0 Å². The summed E-state index contributed by atoms with van der Waals surface area (Å²) in [5, 5.41) is 0.439. The van der Waals surface area contributed by atoms with Crippen molar-refractivity contribution in [2.75, 3.05) is 0 Å². The van der Waals surface area contributed by atoms with Crippen LogP contribution in [0.2, 0.25) is 10.3 Å². The molecule has 1 rings (SSSR count). The maximum Gasteiger partial charge on any atom is 0.131 e. The summed E-state index contributed by atoms with van der Waals surface area (Å²) < 4.78 is 12.6. The molecule has 1 aromatic rings. The van der Waals surface area contributed by atoms with Gasteiger partial charge in [-0.25, -0.2) is 9.37 Å². The predicted molar refractivity (Wildman–Crippen MR) is 43.8 cm³/mol. The quantitative estimate of drug-likeness (QED) is 0.624. The first kappa shape index (κ1) is 8.75. The van der Waals surface area contributed by atoms with Gasteiger partial charge in [0, 0.05) is 0 Å². The summed E-state index contributed by atoms with van der Waals surface area (Å²) in [6, 6.07) is 2.91. The number of pyridine rings is 1. The second kappa shape index (κ2) is 3.37. The van der Waals surface area contributed by atoms with E-state index in [0.717, 1.165) is 0 Å². The summed E-state index contributed by atoms with van der Waals surface area (Å²) >= 11 is 11.1. The van der Waals surface area contributed by atoms with Gasteiger partial charge in [-0.1, -0.05) is 23.2 Å². The normalized spacial score (nSPS) is 13.1. The molecule has 0 aliphatic carbocycles. The Kier molecular flexibility index (Phi) is 2.68. The standard InChI is InChI=1S/C7H6Cl2FN/c1-4(10)5-2-6(8)11-7(9)3-5/h2-4H,1H3. The van der Waals surface area contributed by atoms with E-state index in [1.165, 1.54) is 19.1 Å². The Morgan fingerprint density at radius 1 is 1.36 bits per heavy atom. The van der Waals surface area contributed by atoms with Crippen LogP contribution in [0.15, 0.2) is 12.1 Å². The number of hydrogen-bond acceptors (Lipinski definition) is 1. The lowest BCUT2D eigenvalue weighted by Crippen LogP contribution is -1.87. The minimum absolute atomic E-state index is 0.219. The molecule has 1 unspecified atom stereocenters. The zero-order valence-corrected chi connectivity index (χ0v) is 7.33. The molecule has 1 heterocycles. The van der Waals surface area contributed by atoms with E-state index in [4.69, 9.17) is 23.2 Å². The van der Waals surface area contributed by atoms with Crippen molar-refractivity contribution in [2.24, 2.45) is 0 Å². The van der Waals surface area contributed by atoms with Crippen molar-refractivity contribution in [2.45, 2.75) is 13.1 Å². The van der Waals surface area contributed by atoms with E-state index < -0.39 is 6.17 Å². The highest BCUT2D eigenvalue weighted by Gasteiger charge is 2.05. The maximum absolute atomic E-state index is 12.6. The van der Waals surface area contributed by atoms with E-state index in [1.807, 2.05) is 0 Å². The molecule has 0 bridgehead atoms. The topological polar surface area (TPSA) is 12.9 Å². The lowest BCUT2D eigenvalue weighted by molar-refractivity contribution is 0.374. The molecule has 0 spiro atoms. The summed E-state index contributed by atoms with van der Waals surface area (Å²) in [4.78, 5) is 3.68. The zero-order valence-electron chi connectivity index (χ0n) is 5.81. The summed E-state index contributed by atoms with van der Waals surface area (Å²) in [5.74, 6) is 0. The molecule has 1 aromatic heterocycles. The van der Waals surface area contributed by atoms with E-state index in [9.17, 15) is 4.39 Å². The summed E-state index contributed by atoms with van der Waals surface area (Å²) in [5.41, 5.74) is 0.454. The second-order valence-electron chi connectivity index (χ2n) is 2.16. The van der Waals surface area contributed by atoms with Crippen molar-refractivity contribution in [1.82, 2.24) is 4.98 Å². The number of aromatic nitrogens is 1. The van der Waals surface area contributed by atoms with Crippen molar-refractivity contribution in [3.05, 3.63) is 28.0 Å². The third-order valence-electron chi connectivity index (χ3n) is 1.24. The van der Waals surface area contributed by atoms with Crippen LogP contribution in [0.25, 0.3) is 0 Å². The lowest BCUT2D eigenvalue weighted by atomic mass is 10.2. The molecular weight excluding hydrogens is 188 g/mol. The molecule has 0 saturated heterocycles. The first-order valence-electron chi connectivity index (χ1n) is 3.06. The van der Waals surface area contributed by atoms with E-state index >= 15 is 0 Å². The smallest absolute Gasteiger partial charge is 0.131 e. The molecule has 1 atom stereocenters. The number of hydrogen-bond donors (Lipinski definition) is 0. The first-order chi connectivity index (χ1) is 5.09. The van der Waals surface area contributed by atoms with Crippen LogP contribution in [0.1, 0.15) is 18.7 Å². The molecule has 0 N–H and O–H groups in total. The van der Waals surface area contributed by atoms with Crippen molar-refractivity contribution in [3.63, 3.8) is 0 Å². The highest BCUT2D eigenvalue weighted by Crippen LogP contribution is 2.22. The minimum atomic E-state index is -1.06. The van der Waals surface area contributed by atoms with Gasteiger partial charge in [0.1, 0.15) is 16.5 Å². The number of halogens is 3. The van der Waals surface area contributed by atoms with Crippen LogP contribution in [0.3, 0.4) is 0 Å². The van der Waals surface area contributed by atoms with E-state index in [0.29, 0.717) is 5.56 Å². The van der Waals surface area contributed by atoms with Crippen molar-refractivity contribution in [1.29, 1.82) is 0 Å². The van der Waals surface area contributed by atoms with Crippen molar-refractivity contribution < 1.29 is 4.39 Å². The van der Waals surface area contributed by atoms with Gasteiger partial charge in [-0.2, -0.15) is 0 Å². The van der Waals surface area contributed by atoms with Crippen molar-refractivity contribution in [3.8, 4) is 0 Å². The summed E-state index contributed by atoms with van der Waals surface area (Å²) in [7, 11) is 0. The molecule has 0 radical (unpaired) electrons. The van der Waals surface area contributed by atoms with Gasteiger partial charge in [0.2, 0.25) is 0 Å². The Morgan fingerprint density at radius 2 is 1.82 bits per heavy atom. The number of alkyl halides is 1. The fraction of sp³-hybridized carbons (Fsp3) is 0.286. The van der Waals surface area contributed by atoms with Gasteiger partial charge in [-0.15, -0.1) is 0 Å². The van der Waals surface area contributed by atoms with Crippen LogP contribution in [0, 0.1) is 0 Å². The van der Waals surface area contributed by atoms with Gasteiger partial charge in [0.25, 0.3) is 0 Å². The first-order valence-corrected chi connectivity index (χ1v) is 3.82. The molecule has 0 saturated carbocycles. The van der Waals surface area contributed by atoms with Crippen LogP contribution in [0.5, 0.6) is 0 Å². The Labute approximate surface area is 74.2 Å². The minimum Gasteiger partial charge on any atom is -0.243 e. The average Bonchev–Trinajstić information content (AvgIpc) is 1.85. The number of nitrogens with zero attached hydrogens (tertiary/aromatic N) is 1. The Balaban J connectivity index is 3.08. The Bertz CT molecular complexity index is 242. The SMILES string of the molecule is CC(F)c1cc(Cl)nc(Cl)c1. The van der Waals surface area contributed by atoms with Gasteiger partial charge in [-0.3, -0.25) is 0 Å². The molecular formula is C7H6Cl2FN. The highest BCUT2D eigenvalue weighted by atomic mass is 35.5. The summed E-state index contributed by atoms with van der Waals surface area (Å²) in [6.45, 7) is 1.42. The van der Waals surface area contributed by atoms with Gasteiger partial charge in [0.15, 0.2) is 0 Å². The predicted octanol–water partition coefficient (Wildman–Crippen LogP) is 3.42. The third kappa shape index (κ3) is 2.31. The molecule has 0 aliphatic rings. The lowest BCUT2D eigenvalue weighted by Gasteiger charge is -2.01. The average molecular weight is 194 g/mol. The molecule has 60 valence electrons. The van der Waals surface area contributed by atoms with Crippen LogP contribution in [-0.4, -0.2) is 4.98 Å². The molecule has 0 aromatic carbocycles. The van der Waals surface area contributed by atoms with Gasteiger partial charge < -0.3 is 0 Å². The molecule has 0 fully saturated rings. The van der Waals surface area contributed by atoms with Crippen LogP contribution in [-0.2, 0) is 0 Å². The van der Waals surface area contributed by atoms with Crippen LogP contribution < -0.4 is 0 Å². The van der Waals surface area contributed by atoms with E-state index in [-0.39, 0.29) is 10.3 Å². The van der Waals surface area contributed by atoms with Crippen LogP contribution >= 0.6 is 23.2 Å². The number of rotatable bonds is 1. The molecule has 0 amide bonds. The fourth-order valence-electron chi connectivity index (χ4n) is 0.713. The van der Waals surface area contributed by atoms with E-state index in [1.54, 1.807) is 0 Å². The molecule has 11 heavy (non-hydrogen) atoms.